The number of halogens is 1. The Hall–Kier alpha value is -3.45. The third-order valence-electron chi connectivity index (χ3n) is 4.38. The van der Waals surface area contributed by atoms with Gasteiger partial charge in [-0.1, -0.05) is 18.2 Å². The molecule has 0 saturated carbocycles. The maximum Gasteiger partial charge on any atom is 0.153 e. The lowest BCUT2D eigenvalue weighted by Gasteiger charge is -2.18. The standard InChI is InChI=1S/C22H23FN4O2/c1-28-22-19(27-14-29-11-9-15-4-3-10-26-13-15)8-7-18(24)20(22)21(25)16-5-2-6-17(23)12-16/h2-8,10,12-13,25,27H,9,11,14,24H2,1H3. The number of aromatic nitrogens is 1. The van der Waals surface area contributed by atoms with E-state index in [1.807, 2.05) is 18.3 Å². The summed E-state index contributed by atoms with van der Waals surface area (Å²) in [6, 6.07) is 13.2. The Morgan fingerprint density at radius 2 is 2.07 bits per heavy atom. The van der Waals surface area contributed by atoms with Crippen LogP contribution in [-0.4, -0.2) is 31.1 Å². The molecule has 4 N–H and O–H groups in total. The van der Waals surface area contributed by atoms with Gasteiger partial charge in [0.2, 0.25) is 0 Å². The van der Waals surface area contributed by atoms with Gasteiger partial charge in [0.25, 0.3) is 0 Å². The second-order valence-electron chi connectivity index (χ2n) is 6.34. The van der Waals surface area contributed by atoms with Crippen molar-refractivity contribution < 1.29 is 13.9 Å². The van der Waals surface area contributed by atoms with Gasteiger partial charge in [-0.05, 0) is 42.3 Å². The Balaban J connectivity index is 1.70. The fourth-order valence-electron chi connectivity index (χ4n) is 2.93. The van der Waals surface area contributed by atoms with E-state index in [-0.39, 0.29) is 12.4 Å². The van der Waals surface area contributed by atoms with Gasteiger partial charge in [-0.3, -0.25) is 10.4 Å². The topological polar surface area (TPSA) is 93.2 Å². The first kappa shape index (κ1) is 20.3. The van der Waals surface area contributed by atoms with E-state index in [1.54, 1.807) is 30.5 Å². The molecule has 6 nitrogen and oxygen atoms in total. The first-order valence-electron chi connectivity index (χ1n) is 9.12. The highest BCUT2D eigenvalue weighted by molar-refractivity contribution is 6.16. The number of rotatable bonds is 9. The smallest absolute Gasteiger partial charge is 0.153 e. The van der Waals surface area contributed by atoms with Crippen LogP contribution in [0.4, 0.5) is 15.8 Å². The Bertz CT molecular complexity index is 980. The third-order valence-corrected chi connectivity index (χ3v) is 4.38. The molecule has 0 unspecified atom stereocenters. The second kappa shape index (κ2) is 9.66. The Kier molecular flexibility index (Phi) is 6.76. The molecule has 1 aromatic heterocycles. The van der Waals surface area contributed by atoms with Gasteiger partial charge in [-0.25, -0.2) is 4.39 Å². The van der Waals surface area contributed by atoms with Crippen LogP contribution in [0.2, 0.25) is 0 Å². The minimum atomic E-state index is -0.416. The lowest BCUT2D eigenvalue weighted by Crippen LogP contribution is -2.13. The van der Waals surface area contributed by atoms with Crippen LogP contribution in [0.5, 0.6) is 5.75 Å². The van der Waals surface area contributed by atoms with E-state index >= 15 is 0 Å². The number of pyridine rings is 1. The zero-order valence-electron chi connectivity index (χ0n) is 16.1. The minimum Gasteiger partial charge on any atom is -0.494 e. The maximum atomic E-state index is 13.6. The number of anilines is 2. The van der Waals surface area contributed by atoms with E-state index in [1.165, 1.54) is 19.2 Å². The molecule has 3 rings (SSSR count). The van der Waals surface area contributed by atoms with Crippen molar-refractivity contribution in [1.82, 2.24) is 4.98 Å². The van der Waals surface area contributed by atoms with Crippen molar-refractivity contribution in [3.63, 3.8) is 0 Å². The Labute approximate surface area is 169 Å². The quantitative estimate of drug-likeness (QED) is 0.222. The van der Waals surface area contributed by atoms with Crippen molar-refractivity contribution in [1.29, 1.82) is 5.41 Å². The lowest BCUT2D eigenvalue weighted by molar-refractivity contribution is 0.155. The molecular formula is C22H23FN4O2. The molecule has 1 heterocycles. The van der Waals surface area contributed by atoms with Crippen molar-refractivity contribution in [2.75, 3.05) is 31.5 Å². The largest absolute Gasteiger partial charge is 0.494 e. The number of hydrogen-bond donors (Lipinski definition) is 3. The minimum absolute atomic E-state index is 0.0833. The van der Waals surface area contributed by atoms with Crippen LogP contribution in [0.3, 0.4) is 0 Å². The molecule has 0 radical (unpaired) electrons. The van der Waals surface area contributed by atoms with Gasteiger partial charge in [0, 0.05) is 23.6 Å². The summed E-state index contributed by atoms with van der Waals surface area (Å²) >= 11 is 0. The van der Waals surface area contributed by atoms with Gasteiger partial charge < -0.3 is 20.5 Å². The van der Waals surface area contributed by atoms with E-state index in [9.17, 15) is 4.39 Å². The van der Waals surface area contributed by atoms with Crippen LogP contribution in [-0.2, 0) is 11.2 Å². The molecule has 0 atom stereocenters. The number of nitrogens with zero attached hydrogens (tertiary/aromatic N) is 1. The molecule has 0 aliphatic carbocycles. The van der Waals surface area contributed by atoms with Crippen molar-refractivity contribution in [3.05, 3.63) is 83.4 Å². The average molecular weight is 394 g/mol. The number of benzene rings is 2. The number of nitrogens with one attached hydrogen (secondary N) is 2. The van der Waals surface area contributed by atoms with Crippen LogP contribution < -0.4 is 15.8 Å². The number of nitrogens with two attached hydrogens (primary N) is 1. The van der Waals surface area contributed by atoms with Crippen molar-refractivity contribution in [2.45, 2.75) is 6.42 Å². The predicted octanol–water partition coefficient (Wildman–Crippen LogP) is 3.86. The van der Waals surface area contributed by atoms with Crippen LogP contribution in [0.15, 0.2) is 60.9 Å². The monoisotopic (exact) mass is 394 g/mol. The SMILES string of the molecule is COc1c(NCOCCc2cccnc2)ccc(N)c1C(=N)c1cccc(F)c1. The van der Waals surface area contributed by atoms with E-state index in [4.69, 9.17) is 20.6 Å². The van der Waals surface area contributed by atoms with Crippen molar-refractivity contribution in [2.24, 2.45) is 0 Å². The highest BCUT2D eigenvalue weighted by Crippen LogP contribution is 2.34. The molecule has 150 valence electrons. The summed E-state index contributed by atoms with van der Waals surface area (Å²) in [4.78, 5) is 4.08. The van der Waals surface area contributed by atoms with Gasteiger partial charge >= 0.3 is 0 Å². The number of hydrogen-bond acceptors (Lipinski definition) is 6. The summed E-state index contributed by atoms with van der Waals surface area (Å²) in [5, 5.41) is 11.6. The van der Waals surface area contributed by atoms with E-state index in [0.29, 0.717) is 34.9 Å². The van der Waals surface area contributed by atoms with Gasteiger partial charge in [0.1, 0.15) is 12.5 Å². The third kappa shape index (κ3) is 5.08. The zero-order valence-corrected chi connectivity index (χ0v) is 16.1. The summed E-state index contributed by atoms with van der Waals surface area (Å²) in [6.45, 7) is 0.787. The number of methoxy groups -OCH3 is 1. The Morgan fingerprint density at radius 1 is 1.21 bits per heavy atom. The van der Waals surface area contributed by atoms with Gasteiger partial charge in [0.15, 0.2) is 5.75 Å². The van der Waals surface area contributed by atoms with E-state index in [0.717, 1.165) is 12.0 Å². The molecule has 0 bridgehead atoms. The highest BCUT2D eigenvalue weighted by atomic mass is 19.1. The lowest BCUT2D eigenvalue weighted by atomic mass is 9.99. The van der Waals surface area contributed by atoms with Crippen LogP contribution >= 0.6 is 0 Å². The van der Waals surface area contributed by atoms with Crippen molar-refractivity contribution in [3.8, 4) is 5.75 Å². The Morgan fingerprint density at radius 3 is 2.79 bits per heavy atom. The van der Waals surface area contributed by atoms with Crippen LogP contribution in [0.25, 0.3) is 0 Å². The molecule has 0 spiro atoms. The molecule has 0 aliphatic rings. The molecule has 0 aliphatic heterocycles. The fourth-order valence-corrected chi connectivity index (χ4v) is 2.93. The molecule has 29 heavy (non-hydrogen) atoms. The first-order chi connectivity index (χ1) is 14.1. The van der Waals surface area contributed by atoms with E-state index in [2.05, 4.69) is 10.3 Å². The van der Waals surface area contributed by atoms with Crippen LogP contribution in [0, 0.1) is 11.2 Å². The molecule has 0 saturated heterocycles. The fraction of sp³-hybridized carbons (Fsp3) is 0.182. The molecule has 0 amide bonds. The summed E-state index contributed by atoms with van der Waals surface area (Å²) in [5.74, 6) is -0.00351. The van der Waals surface area contributed by atoms with Crippen molar-refractivity contribution >= 4 is 17.1 Å². The summed E-state index contributed by atoms with van der Waals surface area (Å²) in [7, 11) is 1.51. The average Bonchev–Trinajstić information content (AvgIpc) is 2.74. The maximum absolute atomic E-state index is 13.6. The highest BCUT2D eigenvalue weighted by Gasteiger charge is 2.18. The summed E-state index contributed by atoms with van der Waals surface area (Å²) in [5.41, 5.74) is 9.12. The zero-order chi connectivity index (χ0) is 20.6. The molecular weight excluding hydrogens is 371 g/mol. The summed E-state index contributed by atoms with van der Waals surface area (Å²) < 4.78 is 24.7. The predicted molar refractivity (Wildman–Crippen MR) is 112 cm³/mol. The second-order valence-corrected chi connectivity index (χ2v) is 6.34. The van der Waals surface area contributed by atoms with Crippen LogP contribution in [0.1, 0.15) is 16.7 Å². The normalized spacial score (nSPS) is 10.6. The molecule has 0 fully saturated rings. The molecule has 2 aromatic carbocycles. The summed E-state index contributed by atoms with van der Waals surface area (Å²) in [6.07, 6.45) is 4.30. The van der Waals surface area contributed by atoms with Gasteiger partial charge in [-0.15, -0.1) is 0 Å². The first-order valence-corrected chi connectivity index (χ1v) is 9.12. The number of ether oxygens (including phenoxy) is 2. The molecule has 3 aromatic rings. The van der Waals surface area contributed by atoms with Gasteiger partial charge in [-0.2, -0.15) is 0 Å². The molecule has 7 heteroatoms. The van der Waals surface area contributed by atoms with E-state index < -0.39 is 5.82 Å². The number of nitrogen functional groups attached to an aromatic ring is 1. The van der Waals surface area contributed by atoms with Gasteiger partial charge in [0.05, 0.1) is 30.7 Å².